The molecule has 4 aliphatic carbocycles. The number of hydrogen-bond acceptors (Lipinski definition) is 4. The van der Waals surface area contributed by atoms with Crippen LogP contribution in [0.1, 0.15) is 55.6 Å². The summed E-state index contributed by atoms with van der Waals surface area (Å²) in [5.41, 5.74) is 0.424. The minimum Gasteiger partial charge on any atom is -0.351 e. The molecule has 4 nitrogen and oxygen atoms in total. The summed E-state index contributed by atoms with van der Waals surface area (Å²) in [4.78, 5) is 17.1. The largest absolute Gasteiger partial charge is 0.351 e. The van der Waals surface area contributed by atoms with Crippen molar-refractivity contribution in [3.05, 3.63) is 70.5 Å². The van der Waals surface area contributed by atoms with Gasteiger partial charge in [-0.1, -0.05) is 35.9 Å². The van der Waals surface area contributed by atoms with Crippen molar-refractivity contribution in [3.63, 3.8) is 0 Å². The van der Waals surface area contributed by atoms with Gasteiger partial charge in [-0.25, -0.2) is 4.39 Å². The molecule has 3 unspecified atom stereocenters. The molecule has 0 amide bonds. The highest BCUT2D eigenvalue weighted by Crippen LogP contribution is 2.63. The Balaban J connectivity index is 1.44. The molecule has 1 saturated heterocycles. The van der Waals surface area contributed by atoms with E-state index in [0.717, 1.165) is 30.5 Å². The molecule has 2 heterocycles. The zero-order valence-corrected chi connectivity index (χ0v) is 21.2. The Hall–Kier alpha value is -3.15. The lowest BCUT2D eigenvalue weighted by molar-refractivity contribution is -0.145. The quantitative estimate of drug-likeness (QED) is 0.461. The predicted octanol–water partition coefficient (Wildman–Crippen LogP) is 6.67. The summed E-state index contributed by atoms with van der Waals surface area (Å²) >= 11 is 6.32. The number of anilines is 1. The number of fused-ring (bicyclic) bond motifs is 3. The number of carbonyl (C=O) groups is 1. The Morgan fingerprint density at radius 3 is 2.19 bits per heavy atom. The molecule has 2 aromatic carbocycles. The Labute approximate surface area is 221 Å². The molecule has 0 radical (unpaired) electrons. The molecule has 0 spiro atoms. The van der Waals surface area contributed by atoms with Gasteiger partial charge in [0.05, 0.1) is 24.2 Å². The van der Waals surface area contributed by atoms with Gasteiger partial charge in [0.25, 0.3) is 0 Å². The second kappa shape index (κ2) is 7.92. The molecule has 6 aliphatic rings. The van der Waals surface area contributed by atoms with E-state index >= 15 is 4.79 Å². The van der Waals surface area contributed by atoms with E-state index in [9.17, 15) is 14.9 Å². The van der Waals surface area contributed by atoms with Crippen LogP contribution in [0.15, 0.2) is 48.5 Å². The third kappa shape index (κ3) is 3.14. The summed E-state index contributed by atoms with van der Waals surface area (Å²) in [6.45, 7) is 0. The molecule has 186 valence electrons. The van der Waals surface area contributed by atoms with E-state index in [1.54, 1.807) is 18.2 Å². The topological polar surface area (TPSA) is 67.9 Å². The lowest BCUT2D eigenvalue weighted by atomic mass is 9.47. The standard InChI is InChI=1S/C31H27ClFN3O/c32-23-4-7-25-22(12-23)3-8-26-31(16-34,17-35)27(21-1-5-24(33)6-2-21)28(36(25)26)29(37)30-13-18-9-19(14-30)11-20(10-18)15-30/h1-8,12,18-20,26-28H,9-11,13-15H2. The maximum atomic E-state index is 15.0. The third-order valence-corrected chi connectivity index (χ3v) is 10.3. The number of halogens is 2. The Morgan fingerprint density at radius 1 is 0.973 bits per heavy atom. The number of rotatable bonds is 3. The van der Waals surface area contributed by atoms with Gasteiger partial charge >= 0.3 is 0 Å². The predicted molar refractivity (Wildman–Crippen MR) is 139 cm³/mol. The minimum atomic E-state index is -1.51. The molecule has 0 N–H and O–H groups in total. The fourth-order valence-electron chi connectivity index (χ4n) is 9.03. The highest BCUT2D eigenvalue weighted by atomic mass is 35.5. The molecule has 5 fully saturated rings. The first-order chi connectivity index (χ1) is 17.9. The van der Waals surface area contributed by atoms with Gasteiger partial charge < -0.3 is 4.90 Å². The summed E-state index contributed by atoms with van der Waals surface area (Å²) in [6, 6.07) is 15.0. The Morgan fingerprint density at radius 2 is 1.59 bits per heavy atom. The first kappa shape index (κ1) is 23.0. The van der Waals surface area contributed by atoms with Crippen molar-refractivity contribution in [1.29, 1.82) is 10.5 Å². The zero-order valence-electron chi connectivity index (χ0n) is 20.4. The second-order valence-corrected chi connectivity index (χ2v) is 12.5. The molecule has 4 bridgehead atoms. The fourth-order valence-corrected chi connectivity index (χ4v) is 9.22. The van der Waals surface area contributed by atoms with Crippen LogP contribution in [0, 0.1) is 57.1 Å². The third-order valence-electron chi connectivity index (χ3n) is 10.0. The highest BCUT2D eigenvalue weighted by molar-refractivity contribution is 6.30. The Kier molecular flexibility index (Phi) is 4.93. The molecule has 2 aliphatic heterocycles. The van der Waals surface area contributed by atoms with Gasteiger partial charge in [-0.15, -0.1) is 0 Å². The number of nitrogens with zero attached hydrogens (tertiary/aromatic N) is 3. The molecule has 37 heavy (non-hydrogen) atoms. The van der Waals surface area contributed by atoms with Crippen LogP contribution in [-0.4, -0.2) is 17.9 Å². The minimum absolute atomic E-state index is 0.162. The lowest BCUT2D eigenvalue weighted by Crippen LogP contribution is -2.56. The number of benzene rings is 2. The molecular weight excluding hydrogens is 485 g/mol. The van der Waals surface area contributed by atoms with E-state index in [1.807, 2.05) is 29.2 Å². The van der Waals surface area contributed by atoms with Crippen LogP contribution >= 0.6 is 11.6 Å². The second-order valence-electron chi connectivity index (χ2n) is 12.0. The average molecular weight is 512 g/mol. The van der Waals surface area contributed by atoms with Crippen LogP contribution < -0.4 is 4.90 Å². The van der Waals surface area contributed by atoms with Crippen molar-refractivity contribution in [2.24, 2.45) is 28.6 Å². The maximum Gasteiger partial charge on any atom is 0.176 e. The van der Waals surface area contributed by atoms with Gasteiger partial charge in [0.2, 0.25) is 0 Å². The summed E-state index contributed by atoms with van der Waals surface area (Å²) in [5.74, 6) is 0.819. The van der Waals surface area contributed by atoms with Gasteiger partial charge in [-0.3, -0.25) is 4.79 Å². The summed E-state index contributed by atoms with van der Waals surface area (Å²) in [6.07, 6.45) is 10.1. The smallest absolute Gasteiger partial charge is 0.176 e. The van der Waals surface area contributed by atoms with E-state index in [1.165, 1.54) is 31.4 Å². The van der Waals surface area contributed by atoms with E-state index in [0.29, 0.717) is 28.3 Å². The van der Waals surface area contributed by atoms with E-state index in [4.69, 9.17) is 11.6 Å². The lowest BCUT2D eigenvalue weighted by Gasteiger charge is -2.57. The molecule has 3 atom stereocenters. The molecule has 0 aromatic heterocycles. The number of hydrogen-bond donors (Lipinski definition) is 0. The van der Waals surface area contributed by atoms with Crippen molar-refractivity contribution in [2.45, 2.75) is 56.5 Å². The van der Waals surface area contributed by atoms with Gasteiger partial charge in [0.1, 0.15) is 5.82 Å². The van der Waals surface area contributed by atoms with E-state index in [-0.39, 0.29) is 11.6 Å². The molecule has 8 rings (SSSR count). The van der Waals surface area contributed by atoms with Crippen LogP contribution in [0.2, 0.25) is 5.02 Å². The maximum absolute atomic E-state index is 15.0. The SMILES string of the molecule is N#CC1(C#N)C(c2ccc(F)cc2)C(C(=O)C23CC4CC(CC(C4)C2)C3)N2c3ccc(Cl)cc3C=CC21. The number of carbonyl (C=O) groups excluding carboxylic acids is 1. The van der Waals surface area contributed by atoms with Gasteiger partial charge in [-0.2, -0.15) is 10.5 Å². The monoisotopic (exact) mass is 511 g/mol. The summed E-state index contributed by atoms with van der Waals surface area (Å²) < 4.78 is 14.0. The number of ketones is 1. The van der Waals surface area contributed by atoms with Gasteiger partial charge in [0.15, 0.2) is 11.2 Å². The highest BCUT2D eigenvalue weighted by Gasteiger charge is 2.66. The van der Waals surface area contributed by atoms with Crippen LogP contribution in [0.25, 0.3) is 6.08 Å². The normalized spacial score (nSPS) is 35.9. The van der Waals surface area contributed by atoms with Crippen molar-refractivity contribution < 1.29 is 9.18 Å². The number of nitriles is 2. The Bertz CT molecular complexity index is 1370. The van der Waals surface area contributed by atoms with Crippen LogP contribution in [0.3, 0.4) is 0 Å². The summed E-state index contributed by atoms with van der Waals surface area (Å²) in [5, 5.41) is 21.8. The molecular formula is C31H27ClFN3O. The van der Waals surface area contributed by atoms with Gasteiger partial charge in [0, 0.05) is 22.0 Å². The zero-order chi connectivity index (χ0) is 25.5. The molecule has 6 heteroatoms. The number of Topliss-reactive ketones (excluding diaryl/α,β-unsaturated/α-hetero) is 1. The van der Waals surface area contributed by atoms with Gasteiger partial charge in [-0.05, 0) is 97.7 Å². The molecule has 2 aromatic rings. The van der Waals surface area contributed by atoms with Crippen LogP contribution in [-0.2, 0) is 4.79 Å². The van der Waals surface area contributed by atoms with E-state index < -0.39 is 28.8 Å². The van der Waals surface area contributed by atoms with E-state index in [2.05, 4.69) is 12.1 Å². The van der Waals surface area contributed by atoms with Crippen LogP contribution in [0.5, 0.6) is 0 Å². The first-order valence-electron chi connectivity index (χ1n) is 13.3. The summed E-state index contributed by atoms with van der Waals surface area (Å²) in [7, 11) is 0. The average Bonchev–Trinajstić information content (AvgIpc) is 3.18. The first-order valence-corrected chi connectivity index (χ1v) is 13.6. The van der Waals surface area contributed by atoms with Crippen molar-refractivity contribution in [2.75, 3.05) is 4.90 Å². The van der Waals surface area contributed by atoms with Crippen molar-refractivity contribution >= 4 is 29.1 Å². The van der Waals surface area contributed by atoms with Crippen LogP contribution in [0.4, 0.5) is 10.1 Å². The fraction of sp³-hybridized carbons (Fsp3) is 0.452. The van der Waals surface area contributed by atoms with Crippen molar-refractivity contribution in [3.8, 4) is 12.1 Å². The molecule has 4 saturated carbocycles. The van der Waals surface area contributed by atoms with Crippen molar-refractivity contribution in [1.82, 2.24) is 0 Å².